The van der Waals surface area contributed by atoms with E-state index in [-0.39, 0.29) is 187 Å². The van der Waals surface area contributed by atoms with Crippen molar-refractivity contribution in [2.45, 2.75) is 12.6 Å². The van der Waals surface area contributed by atoms with Gasteiger partial charge in [0.1, 0.15) is 12.6 Å². The molecule has 0 saturated heterocycles. The monoisotopic (exact) mass is 1240 g/mol. The van der Waals surface area contributed by atoms with Crippen molar-refractivity contribution in [1.29, 1.82) is 0 Å². The normalized spacial score (nSPS) is 8.79. The second kappa shape index (κ2) is 49.2. The van der Waals surface area contributed by atoms with Crippen molar-refractivity contribution in [3.8, 4) is 0 Å². The summed E-state index contributed by atoms with van der Waals surface area (Å²) < 4.78 is 19.1. The van der Waals surface area contributed by atoms with E-state index in [1.54, 1.807) is 48.7 Å². The molecule has 0 aliphatic rings. The average Bonchev–Trinajstić information content (AvgIpc) is 3.24. The first-order valence-corrected chi connectivity index (χ1v) is 15.6. The molecule has 0 amide bonds. The summed E-state index contributed by atoms with van der Waals surface area (Å²) in [6.07, 6.45) is 6.10. The number of carboxylic acid groups (broad SMARTS) is 4. The van der Waals surface area contributed by atoms with Gasteiger partial charge in [0.15, 0.2) is 5.97 Å². The van der Waals surface area contributed by atoms with Gasteiger partial charge in [-0.05, 0) is 24.5 Å². The predicted octanol–water partition coefficient (Wildman–Crippen LogP) is 2.73. The molecular formula is C38H44N5O14Y5-5. The second-order valence-corrected chi connectivity index (χ2v) is 9.79. The van der Waals surface area contributed by atoms with Crippen LogP contribution in [0.15, 0.2) is 84.0 Å². The van der Waals surface area contributed by atoms with Crippen LogP contribution in [0.5, 0.6) is 0 Å². The van der Waals surface area contributed by atoms with Crippen molar-refractivity contribution in [2.24, 2.45) is 22.2 Å². The summed E-state index contributed by atoms with van der Waals surface area (Å²) in [7, 11) is 6.06. The Bertz CT molecular complexity index is 1840. The Labute approximate surface area is 485 Å². The number of carbonyl (C=O) groups is 6. The average molecular weight is 1240 g/mol. The van der Waals surface area contributed by atoms with Crippen molar-refractivity contribution >= 4 is 53.4 Å². The fourth-order valence-corrected chi connectivity index (χ4v) is 3.33. The van der Waals surface area contributed by atoms with Crippen LogP contribution in [-0.2, 0) is 192 Å². The fourth-order valence-electron chi connectivity index (χ4n) is 3.33. The second-order valence-electron chi connectivity index (χ2n) is 9.79. The van der Waals surface area contributed by atoms with E-state index in [0.29, 0.717) is 30.2 Å². The Balaban J connectivity index is -0.000000122. The van der Waals surface area contributed by atoms with Gasteiger partial charge in [-0.3, -0.25) is 16.1 Å². The van der Waals surface area contributed by atoms with Crippen molar-refractivity contribution < 1.29 is 232 Å². The maximum Gasteiger partial charge on any atom is 0.335 e. The summed E-state index contributed by atoms with van der Waals surface area (Å²) in [5, 5.41) is 35.3. The first-order chi connectivity index (χ1) is 27.2. The number of pyridine rings is 1. The summed E-state index contributed by atoms with van der Waals surface area (Å²) in [5.41, 5.74) is 15.7. The first kappa shape index (κ1) is 75.1. The quantitative estimate of drug-likeness (QED) is 0.0413. The number of carbonyl (C=O) groups excluding carboxylic acids is 2. The van der Waals surface area contributed by atoms with Crippen LogP contribution in [-0.4, -0.2) is 109 Å². The minimum atomic E-state index is -1.09. The largest absolute Gasteiger partial charge is 0.502 e. The zero-order valence-electron chi connectivity index (χ0n) is 34.1. The number of methoxy groups -OCH3 is 4. The van der Waals surface area contributed by atoms with Gasteiger partial charge in [0.25, 0.3) is 0 Å². The van der Waals surface area contributed by atoms with Gasteiger partial charge in [0.2, 0.25) is 0 Å². The molecule has 1 aromatic heterocycles. The molecule has 0 saturated carbocycles. The molecule has 0 aliphatic heterocycles. The van der Waals surface area contributed by atoms with Crippen LogP contribution < -0.4 is 17.2 Å². The molecule has 0 unspecified atom stereocenters. The smallest absolute Gasteiger partial charge is 0.335 e. The molecule has 0 spiro atoms. The Morgan fingerprint density at radius 2 is 1.11 bits per heavy atom. The van der Waals surface area contributed by atoms with Crippen molar-refractivity contribution in [3.63, 3.8) is 0 Å². The predicted molar refractivity (Wildman–Crippen MR) is 206 cm³/mol. The third kappa shape index (κ3) is 38.1. The van der Waals surface area contributed by atoms with Crippen LogP contribution in [0.2, 0.25) is 0 Å². The van der Waals surface area contributed by atoms with Crippen LogP contribution in [0.1, 0.15) is 47.0 Å². The Morgan fingerprint density at radius 1 is 0.677 bits per heavy atom. The number of fused-ring (bicyclic) bond motifs is 1. The van der Waals surface area contributed by atoms with E-state index in [9.17, 15) is 24.0 Å². The number of nitrogens with zero attached hydrogens (tertiary/aromatic N) is 2. The maximum absolute atomic E-state index is 10.7. The topological polar surface area (TPSA) is 324 Å². The molecule has 3 aromatic carbocycles. The van der Waals surface area contributed by atoms with Crippen LogP contribution in [0.4, 0.5) is 0 Å². The third-order valence-electron chi connectivity index (χ3n) is 5.97. The van der Waals surface area contributed by atoms with E-state index in [1.807, 2.05) is 0 Å². The molecule has 62 heavy (non-hydrogen) atoms. The van der Waals surface area contributed by atoms with Crippen LogP contribution >= 0.6 is 0 Å². The summed E-state index contributed by atoms with van der Waals surface area (Å²) in [6.45, 7) is 4.34. The summed E-state index contributed by atoms with van der Waals surface area (Å²) >= 11 is 0. The van der Waals surface area contributed by atoms with Crippen LogP contribution in [0.3, 0.4) is 0 Å². The molecule has 24 heteroatoms. The molecule has 0 aliphatic carbocycles. The Hall–Kier alpha value is -1.19. The van der Waals surface area contributed by atoms with Gasteiger partial charge < -0.3 is 71.3 Å². The number of hydrogen-bond donors (Lipinski definition) is 7. The van der Waals surface area contributed by atoms with E-state index in [2.05, 4.69) is 37.1 Å². The molecule has 4 aromatic rings. The number of nitrogens with two attached hydrogens (primary N) is 3. The zero-order valence-corrected chi connectivity index (χ0v) is 48.3. The number of aliphatic imine (C=N–C) groups is 1. The third-order valence-corrected chi connectivity index (χ3v) is 5.97. The van der Waals surface area contributed by atoms with Gasteiger partial charge in [0.05, 0.1) is 16.7 Å². The van der Waals surface area contributed by atoms with Gasteiger partial charge in [-0.25, -0.2) is 27.5 Å². The molecule has 4 rings (SSSR count). The van der Waals surface area contributed by atoms with E-state index in [1.165, 1.54) is 78.1 Å². The molecular weight excluding hydrogens is 1190 g/mol. The van der Waals surface area contributed by atoms with Crippen LogP contribution in [0.25, 0.3) is 10.8 Å². The van der Waals surface area contributed by atoms with Gasteiger partial charge in [0, 0.05) is 204 Å². The number of aldehydes is 2. The Morgan fingerprint density at radius 3 is 1.48 bits per heavy atom. The van der Waals surface area contributed by atoms with Crippen molar-refractivity contribution in [2.75, 3.05) is 28.4 Å². The number of rotatable bonds is 14. The fraction of sp³-hybridized carbons (Fsp3) is 0.158. The maximum atomic E-state index is 10.7. The molecule has 10 N–H and O–H groups in total. The number of aromatic nitrogens is 1. The molecule has 0 bridgehead atoms. The number of aliphatic carboxylic acids is 1. The standard InChI is InChI=1S/C12H14NO4.C10H6NO2.C8H6O3.C4H10NO2.C2H4NO2.C2H4NO.5Y/c1-16-11(17-2)8-13-7-9-4-3-5-10(6-9)12(14)15;12-10(13)8-2-1-7-3-4-11-6-9(7)5-8;9-5-6-2-1-3-7(4-6)8(10)11;1-6-4(3-5)7-2;3-1-2(4)5;3-1-2-4;;;;;/h3-8,11H,1-2H3,(H,14,15);1-3,5-6H,(H,12,13);1-5H,(H,10,11);3-4H,5H2,1-2H3;1H,3H2,(H,4,5);1-2H,3H2;;;;;/q2*-1;;3*-1;;;;;. The van der Waals surface area contributed by atoms with Crippen molar-refractivity contribution in [3.05, 3.63) is 139 Å². The minimum absolute atomic E-state index is 0. The number of ether oxygens (including phenoxy) is 4. The first-order valence-electron chi connectivity index (χ1n) is 15.6. The van der Waals surface area contributed by atoms with E-state index in [0.717, 1.165) is 17.3 Å². The number of benzene rings is 3. The number of hydrogen-bond acceptors (Lipinski definition) is 15. The molecule has 0 atom stereocenters. The summed E-state index contributed by atoms with van der Waals surface area (Å²) in [6, 6.07) is 19.0. The van der Waals surface area contributed by atoms with Crippen LogP contribution in [0, 0.1) is 32.4 Å². The molecule has 19 nitrogen and oxygen atoms in total. The van der Waals surface area contributed by atoms with E-state index >= 15 is 0 Å². The Kier molecular flexibility index (Phi) is 59.7. The van der Waals surface area contributed by atoms with Gasteiger partial charge in [-0.1, -0.05) is 67.0 Å². The SMILES string of the molecule is COC([CH-]N)OC.COC([CH-]N=Cc1cccc(C(=O)O)c1)OC.N[CH-]C(=O)O.N[CH-]C=O.O=C(O)c1ccc2c[c-]ncc2c1.O=Cc1cccc(C(=O)O)c1.[Y].[Y].[Y].[Y].[Y]. The van der Waals surface area contributed by atoms with Crippen molar-refractivity contribution in [1.82, 2.24) is 4.98 Å². The minimum Gasteiger partial charge on any atom is -0.502 e. The molecule has 1 heterocycles. The summed E-state index contributed by atoms with van der Waals surface area (Å²) in [4.78, 5) is 67.9. The van der Waals surface area contributed by atoms with Gasteiger partial charge >= 0.3 is 17.9 Å². The number of carboxylic acids is 4. The van der Waals surface area contributed by atoms with Gasteiger partial charge in [-0.15, -0.1) is 23.1 Å². The van der Waals surface area contributed by atoms with E-state index in [4.69, 9.17) is 40.4 Å². The molecule has 5 radical (unpaired) electrons. The van der Waals surface area contributed by atoms with E-state index < -0.39 is 30.2 Å². The summed E-state index contributed by atoms with van der Waals surface area (Å²) in [5.74, 6) is -4.00. The zero-order chi connectivity index (χ0) is 43.6. The number of aromatic carboxylic acids is 3. The van der Waals surface area contributed by atoms with Gasteiger partial charge in [-0.2, -0.15) is 6.07 Å². The molecule has 325 valence electrons. The molecule has 0 fully saturated rings.